The molecule has 2 amide bonds. The number of urea groups is 1. The first-order chi connectivity index (χ1) is 10.2. The molecule has 0 aliphatic carbocycles. The van der Waals surface area contributed by atoms with E-state index in [1.165, 1.54) is 11.3 Å². The van der Waals surface area contributed by atoms with Gasteiger partial charge in [0.25, 0.3) is 0 Å². The third-order valence-corrected chi connectivity index (χ3v) is 3.44. The number of carboxylic acid groups (broad SMARTS) is 1. The third-order valence-electron chi connectivity index (χ3n) is 2.81. The van der Waals surface area contributed by atoms with E-state index >= 15 is 0 Å². The zero-order valence-corrected chi connectivity index (χ0v) is 12.0. The monoisotopic (exact) mass is 305 g/mol. The predicted octanol–water partition coefficient (Wildman–Crippen LogP) is 1.81. The van der Waals surface area contributed by atoms with E-state index in [9.17, 15) is 14.7 Å². The van der Waals surface area contributed by atoms with Crippen LogP contribution in [-0.4, -0.2) is 28.6 Å². The van der Waals surface area contributed by atoms with Crippen LogP contribution in [0.1, 0.15) is 17.3 Å². The van der Waals surface area contributed by atoms with Crippen LogP contribution >= 0.6 is 11.3 Å². The number of aromatic nitrogens is 1. The molecule has 21 heavy (non-hydrogen) atoms. The Morgan fingerprint density at radius 1 is 1.29 bits per heavy atom. The zero-order chi connectivity index (χ0) is 15.1. The quantitative estimate of drug-likeness (QED) is 0.759. The molecule has 1 heterocycles. The molecule has 0 radical (unpaired) electrons. The van der Waals surface area contributed by atoms with Crippen molar-refractivity contribution in [1.82, 2.24) is 15.6 Å². The van der Waals surface area contributed by atoms with Crippen molar-refractivity contribution in [3.8, 4) is 0 Å². The Morgan fingerprint density at radius 3 is 2.67 bits per heavy atom. The van der Waals surface area contributed by atoms with Crippen LogP contribution in [0.2, 0.25) is 0 Å². The number of carboxylic acids is 1. The van der Waals surface area contributed by atoms with E-state index in [1.807, 2.05) is 5.38 Å². The highest BCUT2D eigenvalue weighted by molar-refractivity contribution is 7.07. The number of nitrogens with one attached hydrogen (secondary N) is 2. The van der Waals surface area contributed by atoms with Gasteiger partial charge in [0.15, 0.2) is 6.04 Å². The molecule has 2 aromatic rings. The molecule has 1 aromatic heterocycles. The van der Waals surface area contributed by atoms with E-state index in [0.29, 0.717) is 18.5 Å². The molecule has 0 aliphatic heterocycles. The summed E-state index contributed by atoms with van der Waals surface area (Å²) >= 11 is 1.49. The summed E-state index contributed by atoms with van der Waals surface area (Å²) in [6.07, 6.45) is 0.611. The van der Waals surface area contributed by atoms with Gasteiger partial charge in [-0.05, 0) is 5.56 Å². The number of benzene rings is 1. The van der Waals surface area contributed by atoms with Crippen molar-refractivity contribution in [2.24, 2.45) is 0 Å². The fourth-order valence-corrected chi connectivity index (χ4v) is 2.37. The topological polar surface area (TPSA) is 91.3 Å². The number of thiazole rings is 1. The summed E-state index contributed by atoms with van der Waals surface area (Å²) in [4.78, 5) is 27.1. The first-order valence-corrected chi connectivity index (χ1v) is 7.30. The molecule has 3 N–H and O–H groups in total. The number of amides is 2. The van der Waals surface area contributed by atoms with Gasteiger partial charge in [0.2, 0.25) is 0 Å². The highest BCUT2D eigenvalue weighted by Gasteiger charge is 2.21. The number of hydrogen-bond acceptors (Lipinski definition) is 4. The van der Waals surface area contributed by atoms with Gasteiger partial charge < -0.3 is 15.7 Å². The molecule has 0 fully saturated rings. The van der Waals surface area contributed by atoms with Gasteiger partial charge >= 0.3 is 12.0 Å². The maximum atomic E-state index is 11.8. The summed E-state index contributed by atoms with van der Waals surface area (Å²) in [5.41, 5.74) is 3.16. The number of rotatable bonds is 6. The molecule has 0 unspecified atom stereocenters. The van der Waals surface area contributed by atoms with E-state index in [1.54, 1.807) is 35.8 Å². The van der Waals surface area contributed by atoms with Gasteiger partial charge in [-0.2, -0.15) is 0 Å². The molecule has 2 rings (SSSR count). The lowest BCUT2D eigenvalue weighted by atomic mass is 10.1. The van der Waals surface area contributed by atoms with Crippen molar-refractivity contribution < 1.29 is 14.7 Å². The fraction of sp³-hybridized carbons (Fsp3) is 0.214. The molecule has 1 aromatic carbocycles. The highest BCUT2D eigenvalue weighted by Crippen LogP contribution is 2.12. The number of nitrogens with zero attached hydrogens (tertiary/aromatic N) is 1. The summed E-state index contributed by atoms with van der Waals surface area (Å²) in [5.74, 6) is -1.10. The van der Waals surface area contributed by atoms with Crippen molar-refractivity contribution in [1.29, 1.82) is 0 Å². The van der Waals surface area contributed by atoms with Crippen LogP contribution in [0.25, 0.3) is 0 Å². The largest absolute Gasteiger partial charge is 0.479 e. The molecule has 0 aliphatic rings. The van der Waals surface area contributed by atoms with Crippen LogP contribution < -0.4 is 10.6 Å². The fourth-order valence-electron chi connectivity index (χ4n) is 1.78. The second kappa shape index (κ2) is 7.39. The molecule has 7 heteroatoms. The highest BCUT2D eigenvalue weighted by atomic mass is 32.1. The second-order valence-electron chi connectivity index (χ2n) is 4.31. The van der Waals surface area contributed by atoms with Gasteiger partial charge in [-0.25, -0.2) is 14.6 Å². The van der Waals surface area contributed by atoms with E-state index in [2.05, 4.69) is 15.6 Å². The van der Waals surface area contributed by atoms with E-state index in [-0.39, 0.29) is 0 Å². The van der Waals surface area contributed by atoms with Gasteiger partial charge in [0.05, 0.1) is 11.2 Å². The van der Waals surface area contributed by atoms with Crippen LogP contribution in [-0.2, 0) is 11.2 Å². The van der Waals surface area contributed by atoms with Crippen molar-refractivity contribution in [3.05, 3.63) is 52.5 Å². The van der Waals surface area contributed by atoms with Crippen molar-refractivity contribution in [2.45, 2.75) is 12.5 Å². The summed E-state index contributed by atoms with van der Waals surface area (Å²) in [6, 6.07) is 6.99. The smallest absolute Gasteiger partial charge is 0.330 e. The van der Waals surface area contributed by atoms with Crippen LogP contribution in [0.15, 0.2) is 41.2 Å². The average Bonchev–Trinajstić information content (AvgIpc) is 2.98. The molecule has 1 atom stereocenters. The lowest BCUT2D eigenvalue weighted by Crippen LogP contribution is -2.41. The molecular formula is C14H15N3O3S. The average molecular weight is 305 g/mol. The maximum absolute atomic E-state index is 11.8. The summed E-state index contributed by atoms with van der Waals surface area (Å²) < 4.78 is 0. The Labute approximate surface area is 125 Å². The molecule has 0 spiro atoms. The summed E-state index contributed by atoms with van der Waals surface area (Å²) in [7, 11) is 0. The minimum atomic E-state index is -1.10. The Morgan fingerprint density at radius 2 is 2.05 bits per heavy atom. The first kappa shape index (κ1) is 15.0. The third kappa shape index (κ3) is 4.57. The first-order valence-electron chi connectivity index (χ1n) is 6.36. The molecule has 110 valence electrons. The molecule has 0 saturated heterocycles. The Balaban J connectivity index is 1.85. The standard InChI is InChI=1S/C14H15N3O3S/c18-13(19)12(10-4-2-1-3-5-10)17-14(20)15-7-6-11-8-21-9-16-11/h1-5,8-9,12H,6-7H2,(H,18,19)(H2,15,17,20)/t12-/m1/s1. The van der Waals surface area contributed by atoms with Crippen LogP contribution in [0.5, 0.6) is 0 Å². The number of carbonyl (C=O) groups excluding carboxylic acids is 1. The lowest BCUT2D eigenvalue weighted by Gasteiger charge is -2.15. The van der Waals surface area contributed by atoms with Gasteiger partial charge in [0.1, 0.15) is 0 Å². The number of hydrogen-bond donors (Lipinski definition) is 3. The van der Waals surface area contributed by atoms with Gasteiger partial charge in [-0.3, -0.25) is 0 Å². The van der Waals surface area contributed by atoms with E-state index in [0.717, 1.165) is 5.69 Å². The van der Waals surface area contributed by atoms with Gasteiger partial charge in [-0.15, -0.1) is 11.3 Å². The number of aliphatic carboxylic acids is 1. The van der Waals surface area contributed by atoms with Crippen LogP contribution in [0, 0.1) is 0 Å². The Kier molecular flexibility index (Phi) is 5.28. The SMILES string of the molecule is O=C(NCCc1cscn1)N[C@@H](C(=O)O)c1ccccc1. The zero-order valence-electron chi connectivity index (χ0n) is 11.2. The van der Waals surface area contributed by atoms with Crippen LogP contribution in [0.4, 0.5) is 4.79 Å². The minimum absolute atomic E-state index is 0.399. The van der Waals surface area contributed by atoms with E-state index < -0.39 is 18.0 Å². The Bertz CT molecular complexity index is 587. The normalized spacial score (nSPS) is 11.6. The van der Waals surface area contributed by atoms with Crippen molar-refractivity contribution in [3.63, 3.8) is 0 Å². The van der Waals surface area contributed by atoms with Gasteiger partial charge in [-0.1, -0.05) is 30.3 Å². The van der Waals surface area contributed by atoms with Crippen LogP contribution in [0.3, 0.4) is 0 Å². The molecular weight excluding hydrogens is 290 g/mol. The lowest BCUT2D eigenvalue weighted by molar-refractivity contribution is -0.139. The van der Waals surface area contributed by atoms with Crippen molar-refractivity contribution >= 4 is 23.3 Å². The molecule has 0 saturated carbocycles. The van der Waals surface area contributed by atoms with E-state index in [4.69, 9.17) is 0 Å². The second-order valence-corrected chi connectivity index (χ2v) is 5.03. The summed E-state index contributed by atoms with van der Waals surface area (Å²) in [6.45, 7) is 0.399. The Hall–Kier alpha value is -2.41. The predicted molar refractivity (Wildman–Crippen MR) is 79.2 cm³/mol. The molecule has 6 nitrogen and oxygen atoms in total. The van der Waals surface area contributed by atoms with Gasteiger partial charge in [0, 0.05) is 18.3 Å². The molecule has 0 bridgehead atoms. The maximum Gasteiger partial charge on any atom is 0.330 e. The number of carbonyl (C=O) groups is 2. The summed E-state index contributed by atoms with van der Waals surface area (Å²) in [5, 5.41) is 16.2. The minimum Gasteiger partial charge on any atom is -0.479 e. The van der Waals surface area contributed by atoms with Crippen molar-refractivity contribution in [2.75, 3.05) is 6.54 Å².